The van der Waals surface area contributed by atoms with E-state index in [1.165, 1.54) is 12.1 Å². The molecule has 5 heteroatoms. The van der Waals surface area contributed by atoms with Gasteiger partial charge in [0.1, 0.15) is 0 Å². The largest absolute Gasteiger partial charge is 0.355 e. The molecule has 0 aliphatic rings. The van der Waals surface area contributed by atoms with E-state index in [2.05, 4.69) is 5.32 Å². The number of aryl methyl sites for hydroxylation is 2. The van der Waals surface area contributed by atoms with E-state index in [-0.39, 0.29) is 4.90 Å². The number of benzene rings is 2. The molecule has 0 heterocycles. The van der Waals surface area contributed by atoms with Crippen LogP contribution in [0.1, 0.15) is 11.1 Å². The summed E-state index contributed by atoms with van der Waals surface area (Å²) >= 11 is 0. The Hall–Kier alpha value is -1.85. The van der Waals surface area contributed by atoms with Gasteiger partial charge in [-0.25, -0.2) is 13.6 Å². The number of sulfonamides is 1. The van der Waals surface area contributed by atoms with Gasteiger partial charge in [0.15, 0.2) is 0 Å². The Balaban J connectivity index is 2.30. The van der Waals surface area contributed by atoms with E-state index in [1.807, 2.05) is 32.0 Å². The first kappa shape index (κ1) is 13.6. The van der Waals surface area contributed by atoms with Crippen molar-refractivity contribution in [3.8, 4) is 0 Å². The molecule has 3 N–H and O–H groups in total. The number of hydrogen-bond acceptors (Lipinski definition) is 3. The van der Waals surface area contributed by atoms with Crippen molar-refractivity contribution in [2.24, 2.45) is 5.14 Å². The smallest absolute Gasteiger partial charge is 0.238 e. The summed E-state index contributed by atoms with van der Waals surface area (Å²) in [5.74, 6) is 0. The van der Waals surface area contributed by atoms with E-state index < -0.39 is 10.0 Å². The third-order valence-corrected chi connectivity index (χ3v) is 3.86. The summed E-state index contributed by atoms with van der Waals surface area (Å²) in [6, 6.07) is 12.4. The van der Waals surface area contributed by atoms with Gasteiger partial charge in [-0.3, -0.25) is 0 Å². The van der Waals surface area contributed by atoms with Crippen LogP contribution in [0.3, 0.4) is 0 Å². The number of primary sulfonamides is 1. The molecule has 0 aromatic heterocycles. The van der Waals surface area contributed by atoms with E-state index in [0.717, 1.165) is 22.5 Å². The highest BCUT2D eigenvalue weighted by Gasteiger charge is 2.07. The average Bonchev–Trinajstić information content (AvgIpc) is 2.33. The molecule has 2 aromatic rings. The van der Waals surface area contributed by atoms with Gasteiger partial charge in [0.25, 0.3) is 0 Å². The minimum atomic E-state index is -3.64. The Bertz CT molecular complexity index is 672. The van der Waals surface area contributed by atoms with Gasteiger partial charge in [0.05, 0.1) is 4.90 Å². The Morgan fingerprint density at radius 1 is 0.947 bits per heavy atom. The molecule has 0 unspecified atom stereocenters. The predicted molar refractivity (Wildman–Crippen MR) is 77.0 cm³/mol. The summed E-state index contributed by atoms with van der Waals surface area (Å²) in [6.07, 6.45) is 0. The van der Waals surface area contributed by atoms with Crippen LogP contribution in [0.2, 0.25) is 0 Å². The Kier molecular flexibility index (Phi) is 3.59. The van der Waals surface area contributed by atoms with E-state index in [9.17, 15) is 8.42 Å². The Morgan fingerprint density at radius 3 is 1.95 bits per heavy atom. The summed E-state index contributed by atoms with van der Waals surface area (Å²) in [5, 5.41) is 8.34. The van der Waals surface area contributed by atoms with Crippen LogP contribution in [0.25, 0.3) is 0 Å². The van der Waals surface area contributed by atoms with Crippen LogP contribution in [-0.4, -0.2) is 8.42 Å². The lowest BCUT2D eigenvalue weighted by atomic mass is 10.1. The van der Waals surface area contributed by atoms with Crippen molar-refractivity contribution in [2.45, 2.75) is 18.7 Å². The molecular weight excluding hydrogens is 260 g/mol. The zero-order valence-corrected chi connectivity index (χ0v) is 11.7. The second-order valence-electron chi connectivity index (χ2n) is 4.46. The summed E-state index contributed by atoms with van der Waals surface area (Å²) in [6.45, 7) is 4.04. The summed E-state index contributed by atoms with van der Waals surface area (Å²) in [5.41, 5.74) is 4.13. The van der Waals surface area contributed by atoms with Crippen molar-refractivity contribution in [1.82, 2.24) is 0 Å². The van der Waals surface area contributed by atoms with Gasteiger partial charge < -0.3 is 5.32 Å². The third kappa shape index (κ3) is 3.13. The third-order valence-electron chi connectivity index (χ3n) is 2.93. The van der Waals surface area contributed by atoms with Gasteiger partial charge in [-0.2, -0.15) is 0 Å². The van der Waals surface area contributed by atoms with E-state index in [0.29, 0.717) is 0 Å². The van der Waals surface area contributed by atoms with Crippen LogP contribution in [0.15, 0.2) is 47.4 Å². The summed E-state index contributed by atoms with van der Waals surface area (Å²) in [4.78, 5) is 0.111. The molecule has 0 atom stereocenters. The van der Waals surface area contributed by atoms with Gasteiger partial charge in [-0.1, -0.05) is 18.2 Å². The van der Waals surface area contributed by atoms with Crippen LogP contribution < -0.4 is 10.5 Å². The minimum Gasteiger partial charge on any atom is -0.355 e. The lowest BCUT2D eigenvalue weighted by Gasteiger charge is -2.12. The van der Waals surface area contributed by atoms with Crippen LogP contribution >= 0.6 is 0 Å². The molecule has 0 saturated heterocycles. The molecule has 0 saturated carbocycles. The maximum atomic E-state index is 11.2. The zero-order chi connectivity index (χ0) is 14.0. The first-order chi connectivity index (χ1) is 8.88. The van der Waals surface area contributed by atoms with Gasteiger partial charge in [0.2, 0.25) is 10.0 Å². The molecule has 0 aliphatic carbocycles. The monoisotopic (exact) mass is 276 g/mol. The van der Waals surface area contributed by atoms with Gasteiger partial charge in [-0.15, -0.1) is 0 Å². The fourth-order valence-corrected chi connectivity index (χ4v) is 2.40. The number of rotatable bonds is 3. The topological polar surface area (TPSA) is 72.2 Å². The fourth-order valence-electron chi connectivity index (χ4n) is 1.88. The first-order valence-corrected chi connectivity index (χ1v) is 7.38. The van der Waals surface area contributed by atoms with Crippen molar-refractivity contribution < 1.29 is 8.42 Å². The minimum absolute atomic E-state index is 0.111. The predicted octanol–water partition coefficient (Wildman–Crippen LogP) is 2.69. The van der Waals surface area contributed by atoms with E-state index in [1.54, 1.807) is 12.1 Å². The Morgan fingerprint density at radius 2 is 1.47 bits per heavy atom. The van der Waals surface area contributed by atoms with E-state index >= 15 is 0 Å². The standard InChI is InChI=1S/C14H16N2O2S/c1-10-4-3-5-11(2)14(10)16-12-6-8-13(9-7-12)19(15,17)18/h3-9,16H,1-2H3,(H2,15,17,18). The van der Waals surface area contributed by atoms with Crippen LogP contribution in [-0.2, 0) is 10.0 Å². The second-order valence-corrected chi connectivity index (χ2v) is 6.02. The molecule has 0 spiro atoms. The first-order valence-electron chi connectivity index (χ1n) is 5.84. The van der Waals surface area contributed by atoms with Gasteiger partial charge >= 0.3 is 0 Å². The number of anilines is 2. The lowest BCUT2D eigenvalue weighted by molar-refractivity contribution is 0.598. The highest BCUT2D eigenvalue weighted by Crippen LogP contribution is 2.24. The van der Waals surface area contributed by atoms with E-state index in [4.69, 9.17) is 5.14 Å². The fraction of sp³-hybridized carbons (Fsp3) is 0.143. The molecule has 100 valence electrons. The maximum absolute atomic E-state index is 11.2. The zero-order valence-electron chi connectivity index (χ0n) is 10.8. The number of nitrogens with two attached hydrogens (primary N) is 1. The highest BCUT2D eigenvalue weighted by atomic mass is 32.2. The van der Waals surface area contributed by atoms with Crippen molar-refractivity contribution in [1.29, 1.82) is 0 Å². The van der Waals surface area contributed by atoms with Crippen molar-refractivity contribution in [3.05, 3.63) is 53.6 Å². The quantitative estimate of drug-likeness (QED) is 0.905. The Labute approximate surface area is 113 Å². The molecule has 0 bridgehead atoms. The van der Waals surface area contributed by atoms with Crippen LogP contribution in [0.4, 0.5) is 11.4 Å². The molecule has 0 radical (unpaired) electrons. The summed E-state index contributed by atoms with van der Waals surface area (Å²) < 4.78 is 22.3. The van der Waals surface area contributed by atoms with Crippen molar-refractivity contribution >= 4 is 21.4 Å². The normalized spacial score (nSPS) is 11.3. The molecule has 0 aliphatic heterocycles. The lowest BCUT2D eigenvalue weighted by Crippen LogP contribution is -2.11. The molecule has 0 amide bonds. The maximum Gasteiger partial charge on any atom is 0.238 e. The van der Waals surface area contributed by atoms with Crippen LogP contribution in [0.5, 0.6) is 0 Å². The number of hydrogen-bond donors (Lipinski definition) is 2. The summed E-state index contributed by atoms with van der Waals surface area (Å²) in [7, 11) is -3.64. The number of nitrogens with one attached hydrogen (secondary N) is 1. The van der Waals surface area contributed by atoms with Crippen LogP contribution in [0, 0.1) is 13.8 Å². The molecule has 0 fully saturated rings. The van der Waals surface area contributed by atoms with Gasteiger partial charge in [0, 0.05) is 11.4 Å². The molecule has 2 rings (SSSR count). The number of para-hydroxylation sites is 1. The van der Waals surface area contributed by atoms with Gasteiger partial charge in [-0.05, 0) is 49.2 Å². The van der Waals surface area contributed by atoms with Crippen molar-refractivity contribution in [2.75, 3.05) is 5.32 Å². The molecule has 19 heavy (non-hydrogen) atoms. The molecule has 4 nitrogen and oxygen atoms in total. The second kappa shape index (κ2) is 5.03. The molecule has 2 aromatic carbocycles. The average molecular weight is 276 g/mol. The molecular formula is C14H16N2O2S. The van der Waals surface area contributed by atoms with Crippen molar-refractivity contribution in [3.63, 3.8) is 0 Å². The SMILES string of the molecule is Cc1cccc(C)c1Nc1ccc(S(N)(=O)=O)cc1. The highest BCUT2D eigenvalue weighted by molar-refractivity contribution is 7.89.